The Kier molecular flexibility index (Phi) is 4.38. The van der Waals surface area contributed by atoms with Gasteiger partial charge in [-0.15, -0.1) is 0 Å². The number of hydrogen-bond donors (Lipinski definition) is 3. The van der Waals surface area contributed by atoms with Gasteiger partial charge in [0.1, 0.15) is 5.69 Å². The summed E-state index contributed by atoms with van der Waals surface area (Å²) < 4.78 is 0. The van der Waals surface area contributed by atoms with Crippen molar-refractivity contribution in [3.63, 3.8) is 0 Å². The second-order valence-corrected chi connectivity index (χ2v) is 4.01. The molecule has 0 fully saturated rings. The van der Waals surface area contributed by atoms with Gasteiger partial charge in [0.25, 0.3) is 11.5 Å². The maximum Gasteiger partial charge on any atom is 0.271 e. The average Bonchev–Trinajstić information content (AvgIpc) is 2.43. The van der Waals surface area contributed by atoms with Gasteiger partial charge in [0.2, 0.25) is 5.95 Å². The van der Waals surface area contributed by atoms with E-state index in [1.807, 2.05) is 0 Å². The highest BCUT2D eigenvalue weighted by atomic mass is 16.2. The van der Waals surface area contributed by atoms with E-state index < -0.39 is 0 Å². The molecule has 8 heteroatoms. The third-order valence-electron chi connectivity index (χ3n) is 2.37. The molecule has 0 aliphatic rings. The number of carbonyl (C=O) groups excluding carboxylic acids is 1. The summed E-state index contributed by atoms with van der Waals surface area (Å²) in [5.74, 6) is 0.0781. The van der Waals surface area contributed by atoms with Crippen LogP contribution in [0.3, 0.4) is 0 Å². The van der Waals surface area contributed by atoms with Crippen molar-refractivity contribution >= 4 is 11.9 Å². The minimum Gasteiger partial charge on any atom is -0.354 e. The first-order chi connectivity index (χ1) is 9.65. The van der Waals surface area contributed by atoms with Gasteiger partial charge in [0, 0.05) is 37.2 Å². The molecule has 0 aliphatic heterocycles. The van der Waals surface area contributed by atoms with Gasteiger partial charge in [-0.25, -0.2) is 9.97 Å². The Labute approximate surface area is 114 Å². The maximum atomic E-state index is 11.6. The Morgan fingerprint density at radius 3 is 2.90 bits per heavy atom. The first kappa shape index (κ1) is 13.7. The highest BCUT2D eigenvalue weighted by molar-refractivity contribution is 5.91. The number of amides is 1. The third-order valence-corrected chi connectivity index (χ3v) is 2.37. The molecular formula is C12H14N6O2. The van der Waals surface area contributed by atoms with Crippen LogP contribution in [-0.4, -0.2) is 38.9 Å². The molecule has 0 aromatic carbocycles. The van der Waals surface area contributed by atoms with Crippen LogP contribution < -0.4 is 16.2 Å². The largest absolute Gasteiger partial charge is 0.354 e. The van der Waals surface area contributed by atoms with E-state index in [0.29, 0.717) is 24.7 Å². The van der Waals surface area contributed by atoms with Crippen molar-refractivity contribution in [1.82, 2.24) is 25.3 Å². The van der Waals surface area contributed by atoms with E-state index in [2.05, 4.69) is 30.6 Å². The number of aromatic nitrogens is 4. The number of anilines is 1. The third kappa shape index (κ3) is 3.87. The zero-order valence-electron chi connectivity index (χ0n) is 10.9. The van der Waals surface area contributed by atoms with Gasteiger partial charge >= 0.3 is 0 Å². The fraction of sp³-hybridized carbons (Fsp3) is 0.250. The van der Waals surface area contributed by atoms with Crippen LogP contribution in [0.5, 0.6) is 0 Å². The van der Waals surface area contributed by atoms with Crippen LogP contribution in [0, 0.1) is 6.92 Å². The van der Waals surface area contributed by atoms with Crippen LogP contribution in [0.25, 0.3) is 0 Å². The molecule has 3 N–H and O–H groups in total. The molecule has 8 nitrogen and oxygen atoms in total. The van der Waals surface area contributed by atoms with E-state index in [1.165, 1.54) is 24.7 Å². The maximum absolute atomic E-state index is 11.6. The zero-order chi connectivity index (χ0) is 14.4. The molecule has 104 valence electrons. The lowest BCUT2D eigenvalue weighted by Crippen LogP contribution is -2.30. The summed E-state index contributed by atoms with van der Waals surface area (Å²) >= 11 is 0. The molecule has 0 saturated heterocycles. The topological polar surface area (TPSA) is 113 Å². The molecule has 2 aromatic rings. The minimum absolute atomic E-state index is 0.219. The van der Waals surface area contributed by atoms with Crippen LogP contribution in [0.15, 0.2) is 29.5 Å². The highest BCUT2D eigenvalue weighted by Crippen LogP contribution is 1.94. The van der Waals surface area contributed by atoms with Crippen molar-refractivity contribution in [3.05, 3.63) is 46.4 Å². The molecule has 0 aliphatic carbocycles. The number of nitrogens with zero attached hydrogens (tertiary/aromatic N) is 3. The first-order valence-electron chi connectivity index (χ1n) is 6.01. The van der Waals surface area contributed by atoms with Crippen molar-refractivity contribution in [2.75, 3.05) is 18.4 Å². The monoisotopic (exact) mass is 274 g/mol. The van der Waals surface area contributed by atoms with Crippen molar-refractivity contribution in [3.8, 4) is 0 Å². The molecule has 0 spiro atoms. The van der Waals surface area contributed by atoms with E-state index in [4.69, 9.17) is 0 Å². The Hall–Kier alpha value is -2.77. The molecule has 20 heavy (non-hydrogen) atoms. The number of nitrogens with one attached hydrogen (secondary N) is 3. The van der Waals surface area contributed by atoms with Gasteiger partial charge in [-0.3, -0.25) is 19.6 Å². The molecule has 0 unspecified atom stereocenters. The van der Waals surface area contributed by atoms with Crippen LogP contribution >= 0.6 is 0 Å². The van der Waals surface area contributed by atoms with Gasteiger partial charge < -0.3 is 10.6 Å². The summed E-state index contributed by atoms with van der Waals surface area (Å²) in [6.45, 7) is 2.53. The summed E-state index contributed by atoms with van der Waals surface area (Å²) in [7, 11) is 0. The number of carbonyl (C=O) groups is 1. The molecular weight excluding hydrogens is 260 g/mol. The molecule has 2 rings (SSSR count). The highest BCUT2D eigenvalue weighted by Gasteiger charge is 2.05. The van der Waals surface area contributed by atoms with Crippen LogP contribution in [0.2, 0.25) is 0 Å². The molecule has 0 saturated carbocycles. The van der Waals surface area contributed by atoms with Gasteiger partial charge in [-0.1, -0.05) is 0 Å². The summed E-state index contributed by atoms with van der Waals surface area (Å²) in [4.78, 5) is 37.2. The SMILES string of the molecule is Cc1cc(=O)[nH]c(NCCNC(=O)c2cnccn2)n1. The Morgan fingerprint density at radius 2 is 2.20 bits per heavy atom. The van der Waals surface area contributed by atoms with Crippen molar-refractivity contribution in [2.24, 2.45) is 0 Å². The molecule has 0 atom stereocenters. The normalized spacial score (nSPS) is 10.1. The number of aryl methyl sites for hydroxylation is 1. The number of aromatic amines is 1. The zero-order valence-corrected chi connectivity index (χ0v) is 10.9. The van der Waals surface area contributed by atoms with E-state index >= 15 is 0 Å². The standard InChI is InChI=1S/C12H14N6O2/c1-8-6-10(19)18-12(17-8)16-5-4-15-11(20)9-7-13-2-3-14-9/h2-3,6-7H,4-5H2,1H3,(H,15,20)(H2,16,17,18,19). The fourth-order valence-electron chi connectivity index (χ4n) is 1.53. The lowest BCUT2D eigenvalue weighted by atomic mass is 10.4. The Morgan fingerprint density at radius 1 is 1.35 bits per heavy atom. The van der Waals surface area contributed by atoms with E-state index in [1.54, 1.807) is 6.92 Å². The van der Waals surface area contributed by atoms with E-state index in [0.717, 1.165) is 0 Å². The van der Waals surface area contributed by atoms with Gasteiger partial charge in [0.05, 0.1) is 6.20 Å². The lowest BCUT2D eigenvalue weighted by molar-refractivity contribution is 0.0950. The number of hydrogen-bond acceptors (Lipinski definition) is 6. The lowest BCUT2D eigenvalue weighted by Gasteiger charge is -2.07. The average molecular weight is 274 g/mol. The molecule has 0 bridgehead atoms. The van der Waals surface area contributed by atoms with Crippen molar-refractivity contribution in [2.45, 2.75) is 6.92 Å². The van der Waals surface area contributed by atoms with E-state index in [9.17, 15) is 9.59 Å². The predicted molar refractivity (Wildman–Crippen MR) is 72.4 cm³/mol. The van der Waals surface area contributed by atoms with Gasteiger partial charge in [-0.2, -0.15) is 0 Å². The van der Waals surface area contributed by atoms with E-state index in [-0.39, 0.29) is 17.2 Å². The first-order valence-corrected chi connectivity index (χ1v) is 6.01. The fourth-order valence-corrected chi connectivity index (χ4v) is 1.53. The number of rotatable bonds is 5. The summed E-state index contributed by atoms with van der Waals surface area (Å²) in [5.41, 5.74) is 0.665. The van der Waals surface area contributed by atoms with Crippen LogP contribution in [0.4, 0.5) is 5.95 Å². The summed E-state index contributed by atoms with van der Waals surface area (Å²) in [6.07, 6.45) is 4.34. The molecule has 0 radical (unpaired) electrons. The summed E-state index contributed by atoms with van der Waals surface area (Å²) in [6, 6.07) is 1.40. The number of H-pyrrole nitrogens is 1. The van der Waals surface area contributed by atoms with Crippen LogP contribution in [0.1, 0.15) is 16.2 Å². The molecule has 2 heterocycles. The van der Waals surface area contributed by atoms with Gasteiger partial charge in [-0.05, 0) is 6.92 Å². The second kappa shape index (κ2) is 6.41. The molecule has 2 aromatic heterocycles. The van der Waals surface area contributed by atoms with Crippen molar-refractivity contribution in [1.29, 1.82) is 0 Å². The summed E-state index contributed by atoms with van der Waals surface area (Å²) in [5, 5.41) is 5.59. The Balaban J connectivity index is 1.79. The molecule has 1 amide bonds. The van der Waals surface area contributed by atoms with Crippen molar-refractivity contribution < 1.29 is 4.79 Å². The Bertz CT molecular complexity index is 640. The quantitative estimate of drug-likeness (QED) is 0.646. The minimum atomic E-state index is -0.300. The second-order valence-electron chi connectivity index (χ2n) is 4.01. The van der Waals surface area contributed by atoms with Gasteiger partial charge in [0.15, 0.2) is 0 Å². The van der Waals surface area contributed by atoms with Crippen LogP contribution in [-0.2, 0) is 0 Å². The smallest absolute Gasteiger partial charge is 0.271 e. The predicted octanol–water partition coefficient (Wildman–Crippen LogP) is -0.290.